The van der Waals surface area contributed by atoms with Crippen molar-refractivity contribution in [2.24, 2.45) is 5.92 Å². The molecule has 2 aromatic heterocycles. The van der Waals surface area contributed by atoms with Gasteiger partial charge in [-0.15, -0.1) is 0 Å². The van der Waals surface area contributed by atoms with Crippen LogP contribution < -0.4 is 10.2 Å². The first kappa shape index (κ1) is 16.8. The molecule has 24 heavy (non-hydrogen) atoms. The fourth-order valence-corrected chi connectivity index (χ4v) is 3.21. The molecule has 0 spiro atoms. The molecule has 2 N–H and O–H groups in total. The highest BCUT2D eigenvalue weighted by atomic mass is 19.3. The third-order valence-electron chi connectivity index (χ3n) is 4.26. The van der Waals surface area contributed by atoms with Crippen molar-refractivity contribution in [1.82, 2.24) is 20.5 Å². The molecule has 1 saturated heterocycles. The van der Waals surface area contributed by atoms with Crippen LogP contribution in [0.1, 0.15) is 32.4 Å². The zero-order chi connectivity index (χ0) is 17.1. The molecule has 7 heteroatoms. The van der Waals surface area contributed by atoms with E-state index in [9.17, 15) is 8.78 Å². The molecule has 0 bridgehead atoms. The van der Waals surface area contributed by atoms with Gasteiger partial charge in [-0.2, -0.15) is 5.10 Å². The zero-order valence-electron chi connectivity index (χ0n) is 14.0. The molecule has 0 aliphatic carbocycles. The largest absolute Gasteiger partial charge is 0.354 e. The molecule has 1 aliphatic rings. The van der Waals surface area contributed by atoms with Gasteiger partial charge in [-0.25, -0.2) is 13.8 Å². The SMILES string of the molecule is CC(C)CC1CN(c2ccc(-c3cn[nH]c3)c(C(F)F)n2)CCN1. The van der Waals surface area contributed by atoms with Crippen LogP contribution in [0.3, 0.4) is 0 Å². The van der Waals surface area contributed by atoms with Gasteiger partial charge in [-0.1, -0.05) is 13.8 Å². The average molecular weight is 335 g/mol. The Morgan fingerprint density at radius 1 is 1.33 bits per heavy atom. The number of piperazine rings is 1. The maximum absolute atomic E-state index is 13.5. The van der Waals surface area contributed by atoms with Crippen molar-refractivity contribution in [3.63, 3.8) is 0 Å². The molecule has 0 aromatic carbocycles. The van der Waals surface area contributed by atoms with E-state index in [4.69, 9.17) is 0 Å². The second kappa shape index (κ2) is 7.25. The summed E-state index contributed by atoms with van der Waals surface area (Å²) < 4.78 is 27.0. The van der Waals surface area contributed by atoms with Crippen molar-refractivity contribution in [1.29, 1.82) is 0 Å². The third kappa shape index (κ3) is 3.72. The molecule has 0 amide bonds. The van der Waals surface area contributed by atoms with E-state index in [1.807, 2.05) is 6.07 Å². The van der Waals surface area contributed by atoms with Crippen LogP contribution in [0.25, 0.3) is 11.1 Å². The molecule has 3 heterocycles. The Morgan fingerprint density at radius 3 is 2.83 bits per heavy atom. The molecule has 3 rings (SSSR count). The highest BCUT2D eigenvalue weighted by molar-refractivity contribution is 5.66. The summed E-state index contributed by atoms with van der Waals surface area (Å²) >= 11 is 0. The second-order valence-corrected chi connectivity index (χ2v) is 6.62. The van der Waals surface area contributed by atoms with Gasteiger partial charge in [0, 0.05) is 43.0 Å². The van der Waals surface area contributed by atoms with Gasteiger partial charge >= 0.3 is 0 Å². The van der Waals surface area contributed by atoms with Crippen LogP contribution in [0.5, 0.6) is 0 Å². The first-order chi connectivity index (χ1) is 11.5. The van der Waals surface area contributed by atoms with Gasteiger partial charge < -0.3 is 10.2 Å². The third-order valence-corrected chi connectivity index (χ3v) is 4.26. The van der Waals surface area contributed by atoms with Crippen molar-refractivity contribution in [2.75, 3.05) is 24.5 Å². The van der Waals surface area contributed by atoms with Crippen LogP contribution >= 0.6 is 0 Å². The number of nitrogens with one attached hydrogen (secondary N) is 2. The van der Waals surface area contributed by atoms with Crippen molar-refractivity contribution < 1.29 is 8.78 Å². The Labute approximate surface area is 140 Å². The number of aromatic amines is 1. The Bertz CT molecular complexity index is 657. The molecule has 2 aromatic rings. The number of hydrogen-bond donors (Lipinski definition) is 2. The predicted molar refractivity (Wildman–Crippen MR) is 90.2 cm³/mol. The number of halogens is 2. The van der Waals surface area contributed by atoms with Gasteiger partial charge in [0.05, 0.1) is 6.20 Å². The summed E-state index contributed by atoms with van der Waals surface area (Å²) in [5.41, 5.74) is 0.867. The zero-order valence-corrected chi connectivity index (χ0v) is 14.0. The van der Waals surface area contributed by atoms with Crippen molar-refractivity contribution >= 4 is 5.82 Å². The lowest BCUT2D eigenvalue weighted by Gasteiger charge is -2.35. The predicted octanol–water partition coefficient (Wildman–Crippen LogP) is 3.23. The average Bonchev–Trinajstić information content (AvgIpc) is 3.08. The summed E-state index contributed by atoms with van der Waals surface area (Å²) in [7, 11) is 0. The molecule has 1 aliphatic heterocycles. The van der Waals surface area contributed by atoms with Crippen LogP contribution in [0.4, 0.5) is 14.6 Å². The van der Waals surface area contributed by atoms with Crippen LogP contribution in [0, 0.1) is 5.92 Å². The molecule has 1 unspecified atom stereocenters. The molecular formula is C17H23F2N5. The summed E-state index contributed by atoms with van der Waals surface area (Å²) in [4.78, 5) is 6.36. The summed E-state index contributed by atoms with van der Waals surface area (Å²) in [6, 6.07) is 3.91. The van der Waals surface area contributed by atoms with Gasteiger partial charge in [0.25, 0.3) is 6.43 Å². The lowest BCUT2D eigenvalue weighted by atomic mass is 10.0. The van der Waals surface area contributed by atoms with Crippen molar-refractivity contribution in [3.05, 3.63) is 30.2 Å². The molecule has 5 nitrogen and oxygen atoms in total. The number of pyridine rings is 1. The maximum Gasteiger partial charge on any atom is 0.281 e. The first-order valence-electron chi connectivity index (χ1n) is 8.31. The minimum atomic E-state index is -2.62. The normalized spacial score (nSPS) is 18.6. The summed E-state index contributed by atoms with van der Waals surface area (Å²) in [5.74, 6) is 1.21. The minimum Gasteiger partial charge on any atom is -0.354 e. The van der Waals surface area contributed by atoms with Gasteiger partial charge in [0.1, 0.15) is 11.5 Å². The highest BCUT2D eigenvalue weighted by Crippen LogP contribution is 2.31. The van der Waals surface area contributed by atoms with Crippen LogP contribution in [0.2, 0.25) is 0 Å². The number of rotatable bonds is 5. The van der Waals surface area contributed by atoms with E-state index in [1.54, 1.807) is 12.3 Å². The lowest BCUT2D eigenvalue weighted by molar-refractivity contribution is 0.147. The molecule has 130 valence electrons. The topological polar surface area (TPSA) is 56.8 Å². The van der Waals surface area contributed by atoms with E-state index in [1.165, 1.54) is 6.20 Å². The van der Waals surface area contributed by atoms with Crippen molar-refractivity contribution in [2.45, 2.75) is 32.7 Å². The Hall–Kier alpha value is -2.02. The maximum atomic E-state index is 13.5. The van der Waals surface area contributed by atoms with E-state index in [0.29, 0.717) is 28.9 Å². The van der Waals surface area contributed by atoms with Crippen LogP contribution in [0.15, 0.2) is 24.5 Å². The first-order valence-corrected chi connectivity index (χ1v) is 8.31. The number of nitrogens with zero attached hydrogens (tertiary/aromatic N) is 3. The van der Waals surface area contributed by atoms with Gasteiger partial charge in [0.15, 0.2) is 0 Å². The molecule has 1 fully saturated rings. The van der Waals surface area contributed by atoms with Crippen molar-refractivity contribution in [3.8, 4) is 11.1 Å². The Kier molecular flexibility index (Phi) is 5.08. The number of aromatic nitrogens is 3. The minimum absolute atomic E-state index is 0.187. The Balaban J connectivity index is 1.85. The standard InChI is InChI=1S/C17H23F2N5/c1-11(2)7-13-10-24(6-5-20-13)15-4-3-14(12-8-21-22-9-12)16(23-15)17(18)19/h3-4,8-9,11,13,17,20H,5-7,10H2,1-2H3,(H,21,22). The molecule has 1 atom stereocenters. The number of alkyl halides is 2. The fourth-order valence-electron chi connectivity index (χ4n) is 3.21. The Morgan fingerprint density at radius 2 is 2.17 bits per heavy atom. The van der Waals surface area contributed by atoms with Gasteiger partial charge in [-0.05, 0) is 24.5 Å². The van der Waals surface area contributed by atoms with E-state index in [0.717, 1.165) is 26.1 Å². The van der Waals surface area contributed by atoms with Gasteiger partial charge in [0.2, 0.25) is 0 Å². The molecular weight excluding hydrogens is 312 g/mol. The highest BCUT2D eigenvalue weighted by Gasteiger charge is 2.24. The van der Waals surface area contributed by atoms with Crippen LogP contribution in [-0.4, -0.2) is 40.9 Å². The fraction of sp³-hybridized carbons (Fsp3) is 0.529. The summed E-state index contributed by atoms with van der Waals surface area (Å²) in [6.45, 7) is 6.78. The molecule has 0 radical (unpaired) electrons. The summed E-state index contributed by atoms with van der Waals surface area (Å²) in [6.07, 6.45) is 1.58. The number of hydrogen-bond acceptors (Lipinski definition) is 4. The van der Waals surface area contributed by atoms with E-state index < -0.39 is 6.43 Å². The number of anilines is 1. The van der Waals surface area contributed by atoms with Gasteiger partial charge in [-0.3, -0.25) is 5.10 Å². The smallest absolute Gasteiger partial charge is 0.281 e. The lowest BCUT2D eigenvalue weighted by Crippen LogP contribution is -2.51. The second-order valence-electron chi connectivity index (χ2n) is 6.62. The van der Waals surface area contributed by atoms with E-state index in [2.05, 4.69) is 39.2 Å². The van der Waals surface area contributed by atoms with Crippen LogP contribution in [-0.2, 0) is 0 Å². The monoisotopic (exact) mass is 335 g/mol. The molecule has 0 saturated carbocycles. The number of H-pyrrole nitrogens is 1. The van der Waals surface area contributed by atoms with E-state index in [-0.39, 0.29) is 5.69 Å². The quantitative estimate of drug-likeness (QED) is 0.881. The summed E-state index contributed by atoms with van der Waals surface area (Å²) in [5, 5.41) is 9.98. The van der Waals surface area contributed by atoms with E-state index >= 15 is 0 Å².